The zero-order valence-corrected chi connectivity index (χ0v) is 14.7. The number of ether oxygens (including phenoxy) is 1. The zero-order valence-electron chi connectivity index (χ0n) is 12.4. The van der Waals surface area contributed by atoms with E-state index in [-0.39, 0.29) is 16.6 Å². The van der Waals surface area contributed by atoms with Crippen molar-refractivity contribution in [1.82, 2.24) is 5.32 Å². The summed E-state index contributed by atoms with van der Waals surface area (Å²) in [4.78, 5) is 11.4. The Balaban J connectivity index is 2.36. The van der Waals surface area contributed by atoms with Gasteiger partial charge < -0.3 is 10.1 Å². The summed E-state index contributed by atoms with van der Waals surface area (Å²) in [7, 11) is -2.08. The molecule has 0 saturated carbocycles. The first-order valence-corrected chi connectivity index (χ1v) is 9.69. The number of thiophene rings is 1. The Morgan fingerprint density at radius 2 is 2.00 bits per heavy atom. The SMILES string of the molecule is COc1ccc([C@H](CNC(=O)CCl)S(=O)(=O)c2cccs2)cc1. The van der Waals surface area contributed by atoms with Crippen LogP contribution in [0.25, 0.3) is 0 Å². The number of sulfone groups is 1. The van der Waals surface area contributed by atoms with Crippen molar-refractivity contribution < 1.29 is 17.9 Å². The minimum atomic E-state index is -3.61. The van der Waals surface area contributed by atoms with Crippen LogP contribution >= 0.6 is 22.9 Å². The van der Waals surface area contributed by atoms with Crippen LogP contribution in [0.1, 0.15) is 10.8 Å². The molecule has 0 saturated heterocycles. The monoisotopic (exact) mass is 373 g/mol. The molecule has 124 valence electrons. The molecule has 1 aromatic heterocycles. The normalized spacial score (nSPS) is 12.6. The number of hydrogen-bond acceptors (Lipinski definition) is 5. The second-order valence-corrected chi connectivity index (χ2v) is 8.25. The maximum atomic E-state index is 12.8. The molecule has 8 heteroatoms. The van der Waals surface area contributed by atoms with Gasteiger partial charge in [0.2, 0.25) is 5.91 Å². The number of methoxy groups -OCH3 is 1. The molecule has 0 aliphatic rings. The van der Waals surface area contributed by atoms with E-state index in [1.54, 1.807) is 41.8 Å². The fourth-order valence-corrected chi connectivity index (χ4v) is 5.01. The van der Waals surface area contributed by atoms with Crippen molar-refractivity contribution in [2.45, 2.75) is 9.46 Å². The number of carbonyl (C=O) groups excluding carboxylic acids is 1. The predicted octanol–water partition coefficient (Wildman–Crippen LogP) is 2.63. The Morgan fingerprint density at radius 3 is 2.52 bits per heavy atom. The molecule has 0 radical (unpaired) electrons. The lowest BCUT2D eigenvalue weighted by atomic mass is 10.1. The Hall–Kier alpha value is -1.57. The highest BCUT2D eigenvalue weighted by molar-refractivity contribution is 7.93. The van der Waals surface area contributed by atoms with E-state index in [4.69, 9.17) is 16.3 Å². The summed E-state index contributed by atoms with van der Waals surface area (Å²) in [5.74, 6) is 0.00588. The van der Waals surface area contributed by atoms with Crippen LogP contribution in [0.3, 0.4) is 0 Å². The van der Waals surface area contributed by atoms with Crippen molar-refractivity contribution in [1.29, 1.82) is 0 Å². The first-order chi connectivity index (χ1) is 11.0. The highest BCUT2D eigenvalue weighted by atomic mass is 35.5. The molecule has 0 aliphatic heterocycles. The van der Waals surface area contributed by atoms with Gasteiger partial charge in [-0.3, -0.25) is 4.79 Å². The van der Waals surface area contributed by atoms with Crippen molar-refractivity contribution in [3.05, 3.63) is 47.3 Å². The van der Waals surface area contributed by atoms with Gasteiger partial charge in [-0.15, -0.1) is 22.9 Å². The van der Waals surface area contributed by atoms with Gasteiger partial charge in [0.15, 0.2) is 9.84 Å². The molecule has 0 spiro atoms. The van der Waals surface area contributed by atoms with E-state index in [1.165, 1.54) is 7.11 Å². The molecule has 1 amide bonds. The number of benzene rings is 1. The quantitative estimate of drug-likeness (QED) is 0.757. The molecule has 2 rings (SSSR count). The summed E-state index contributed by atoms with van der Waals surface area (Å²) >= 11 is 6.61. The zero-order chi connectivity index (χ0) is 16.9. The number of carbonyl (C=O) groups is 1. The highest BCUT2D eigenvalue weighted by Crippen LogP contribution is 2.31. The number of rotatable bonds is 7. The molecule has 0 bridgehead atoms. The van der Waals surface area contributed by atoms with Gasteiger partial charge in [-0.2, -0.15) is 0 Å². The smallest absolute Gasteiger partial charge is 0.234 e. The molecule has 1 atom stereocenters. The highest BCUT2D eigenvalue weighted by Gasteiger charge is 2.30. The molecule has 1 N–H and O–H groups in total. The molecule has 0 fully saturated rings. The van der Waals surface area contributed by atoms with E-state index in [0.717, 1.165) is 11.3 Å². The second-order valence-electron chi connectivity index (χ2n) is 4.68. The Labute approximate surface area is 144 Å². The van der Waals surface area contributed by atoms with Gasteiger partial charge in [0.05, 0.1) is 7.11 Å². The van der Waals surface area contributed by atoms with E-state index in [2.05, 4.69) is 5.32 Å². The average Bonchev–Trinajstić information content (AvgIpc) is 3.10. The molecule has 1 aromatic carbocycles. The lowest BCUT2D eigenvalue weighted by Gasteiger charge is -2.18. The minimum Gasteiger partial charge on any atom is -0.497 e. The van der Waals surface area contributed by atoms with Gasteiger partial charge >= 0.3 is 0 Å². The molecule has 5 nitrogen and oxygen atoms in total. The van der Waals surface area contributed by atoms with Crippen LogP contribution < -0.4 is 10.1 Å². The molecule has 23 heavy (non-hydrogen) atoms. The van der Waals surface area contributed by atoms with Crippen LogP contribution in [0.2, 0.25) is 0 Å². The predicted molar refractivity (Wildman–Crippen MR) is 91.0 cm³/mol. The standard InChI is InChI=1S/C15H16ClNO4S2/c1-21-12-6-4-11(5-7-12)13(10-17-14(18)9-16)23(19,20)15-3-2-8-22-15/h2-8,13H,9-10H2,1H3,(H,17,18)/t13-/m0/s1. The molecular weight excluding hydrogens is 358 g/mol. The minimum absolute atomic E-state index is 0.0435. The first kappa shape index (κ1) is 17.8. The summed E-state index contributed by atoms with van der Waals surface area (Å²) < 4.78 is 31.0. The number of hydrogen-bond donors (Lipinski definition) is 1. The van der Waals surface area contributed by atoms with Crippen LogP contribution in [-0.2, 0) is 14.6 Å². The average molecular weight is 374 g/mol. The first-order valence-electron chi connectivity index (χ1n) is 6.73. The third-order valence-electron chi connectivity index (χ3n) is 3.24. The van der Waals surface area contributed by atoms with Gasteiger partial charge in [-0.25, -0.2) is 8.42 Å². The summed E-state index contributed by atoms with van der Waals surface area (Å²) in [6.45, 7) is -0.0435. The van der Waals surface area contributed by atoms with Crippen molar-refractivity contribution in [3.63, 3.8) is 0 Å². The largest absolute Gasteiger partial charge is 0.497 e. The number of amides is 1. The van der Waals surface area contributed by atoms with Crippen LogP contribution in [0, 0.1) is 0 Å². The topological polar surface area (TPSA) is 72.5 Å². The molecule has 0 aliphatic carbocycles. The lowest BCUT2D eigenvalue weighted by molar-refractivity contribution is -0.118. The third-order valence-corrected chi connectivity index (χ3v) is 7.02. The van der Waals surface area contributed by atoms with Gasteiger partial charge in [-0.05, 0) is 29.1 Å². The molecule has 1 heterocycles. The number of nitrogens with one attached hydrogen (secondary N) is 1. The maximum absolute atomic E-state index is 12.8. The van der Waals surface area contributed by atoms with Crippen molar-refractivity contribution in [2.75, 3.05) is 19.5 Å². The summed E-state index contributed by atoms with van der Waals surface area (Å²) in [6.07, 6.45) is 0. The van der Waals surface area contributed by atoms with Crippen LogP contribution in [0.15, 0.2) is 46.0 Å². The van der Waals surface area contributed by atoms with E-state index < -0.39 is 21.0 Å². The summed E-state index contributed by atoms with van der Waals surface area (Å²) in [5, 5.41) is 3.36. The van der Waals surface area contributed by atoms with Gasteiger partial charge in [-0.1, -0.05) is 18.2 Å². The van der Waals surface area contributed by atoms with E-state index in [9.17, 15) is 13.2 Å². The summed E-state index contributed by atoms with van der Waals surface area (Å²) in [5.41, 5.74) is 0.578. The van der Waals surface area contributed by atoms with Crippen LogP contribution in [0.5, 0.6) is 5.75 Å². The van der Waals surface area contributed by atoms with Crippen molar-refractivity contribution in [3.8, 4) is 5.75 Å². The van der Waals surface area contributed by atoms with Crippen LogP contribution in [-0.4, -0.2) is 33.9 Å². The molecule has 2 aromatic rings. The third kappa shape index (κ3) is 4.25. The number of halogens is 1. The second kappa shape index (κ2) is 7.81. The molecule has 0 unspecified atom stereocenters. The fraction of sp³-hybridized carbons (Fsp3) is 0.267. The lowest BCUT2D eigenvalue weighted by Crippen LogP contribution is -2.32. The maximum Gasteiger partial charge on any atom is 0.234 e. The number of alkyl halides is 1. The van der Waals surface area contributed by atoms with Gasteiger partial charge in [0.25, 0.3) is 0 Å². The Kier molecular flexibility index (Phi) is 6.04. The molecular formula is C15H16ClNO4S2. The Morgan fingerprint density at radius 1 is 1.30 bits per heavy atom. The van der Waals surface area contributed by atoms with E-state index >= 15 is 0 Å². The van der Waals surface area contributed by atoms with Crippen molar-refractivity contribution in [2.24, 2.45) is 0 Å². The fourth-order valence-electron chi connectivity index (χ4n) is 2.04. The van der Waals surface area contributed by atoms with Gasteiger partial charge in [0, 0.05) is 6.54 Å². The van der Waals surface area contributed by atoms with E-state index in [0.29, 0.717) is 11.3 Å². The van der Waals surface area contributed by atoms with Crippen molar-refractivity contribution >= 4 is 38.7 Å². The summed E-state index contributed by atoms with van der Waals surface area (Å²) in [6, 6.07) is 9.98. The Bertz CT molecular complexity index is 742. The van der Waals surface area contributed by atoms with E-state index in [1.807, 2.05) is 0 Å². The van der Waals surface area contributed by atoms with Gasteiger partial charge in [0.1, 0.15) is 21.1 Å². The van der Waals surface area contributed by atoms with Crippen LogP contribution in [0.4, 0.5) is 0 Å².